The molecule has 2 aromatic rings. The molecular formula is C19H23FIN3O2S. The van der Waals surface area contributed by atoms with Gasteiger partial charge < -0.3 is 33.2 Å². The first kappa shape index (κ1) is 20.5. The maximum atomic E-state index is 13.1. The molecule has 1 aromatic carbocycles. The van der Waals surface area contributed by atoms with Crippen molar-refractivity contribution in [1.82, 2.24) is 4.98 Å². The Morgan fingerprint density at radius 2 is 2.04 bits per heavy atom. The van der Waals surface area contributed by atoms with Gasteiger partial charge in [-0.15, -0.1) is 11.3 Å². The van der Waals surface area contributed by atoms with Crippen LogP contribution >= 0.6 is 11.3 Å². The maximum Gasteiger partial charge on any atom is 0.413 e. The maximum absolute atomic E-state index is 13.1. The first-order valence-electron chi connectivity index (χ1n) is 8.98. The Morgan fingerprint density at radius 3 is 2.67 bits per heavy atom. The van der Waals surface area contributed by atoms with E-state index in [1.807, 2.05) is 30.3 Å². The minimum Gasteiger partial charge on any atom is -1.00 e. The van der Waals surface area contributed by atoms with Gasteiger partial charge in [0.15, 0.2) is 11.9 Å². The van der Waals surface area contributed by atoms with Gasteiger partial charge >= 0.3 is 6.09 Å². The second kappa shape index (κ2) is 8.40. The van der Waals surface area contributed by atoms with E-state index >= 15 is 0 Å². The van der Waals surface area contributed by atoms with Crippen LogP contribution in [-0.4, -0.2) is 48.3 Å². The second-order valence-electron chi connectivity index (χ2n) is 7.44. The monoisotopic (exact) mass is 503 g/mol. The molecule has 3 aliphatic rings. The lowest BCUT2D eigenvalue weighted by molar-refractivity contribution is -0.928. The molecule has 5 nitrogen and oxygen atoms in total. The van der Waals surface area contributed by atoms with Crippen LogP contribution in [0.15, 0.2) is 30.3 Å². The van der Waals surface area contributed by atoms with E-state index < -0.39 is 12.8 Å². The van der Waals surface area contributed by atoms with Crippen LogP contribution in [0.3, 0.4) is 0 Å². The molecule has 1 aromatic heterocycles. The molecule has 146 valence electrons. The van der Waals surface area contributed by atoms with E-state index in [0.29, 0.717) is 16.7 Å². The normalized spacial score (nSPS) is 26.3. The highest BCUT2D eigenvalue weighted by atomic mass is 127. The first-order valence-corrected chi connectivity index (χ1v) is 9.80. The number of fused-ring (bicyclic) bond motifs is 3. The van der Waals surface area contributed by atoms with Gasteiger partial charge in [0.2, 0.25) is 0 Å². The molecule has 8 heteroatoms. The summed E-state index contributed by atoms with van der Waals surface area (Å²) in [6.45, 7) is 2.55. The first-order chi connectivity index (χ1) is 12.6. The number of likely N-dealkylation sites (N-methyl/N-ethyl adjacent to an activating group) is 1. The summed E-state index contributed by atoms with van der Waals surface area (Å²) in [5, 5.41) is 3.09. The number of ether oxygens (including phenoxy) is 1. The molecule has 0 radical (unpaired) electrons. The number of nitrogens with one attached hydrogen (secondary N) is 1. The molecule has 1 amide bonds. The van der Waals surface area contributed by atoms with Crippen molar-refractivity contribution in [1.29, 1.82) is 0 Å². The molecule has 2 bridgehead atoms. The SMILES string of the molecule is C[N+]12CCC(CC1)[C@@H](OC(=O)Nc1nc(CF)sc1-c1ccccc1)C2.[I-]. The van der Waals surface area contributed by atoms with Crippen LogP contribution in [0, 0.1) is 5.92 Å². The van der Waals surface area contributed by atoms with Crippen LogP contribution in [0.1, 0.15) is 17.8 Å². The number of nitrogens with zero attached hydrogens (tertiary/aromatic N) is 2. The number of thiazole rings is 1. The van der Waals surface area contributed by atoms with E-state index in [-0.39, 0.29) is 30.1 Å². The summed E-state index contributed by atoms with van der Waals surface area (Å²) >= 11 is 1.25. The predicted molar refractivity (Wildman–Crippen MR) is 99.8 cm³/mol. The van der Waals surface area contributed by atoms with Crippen LogP contribution in [-0.2, 0) is 11.4 Å². The number of amides is 1. The third-order valence-corrected chi connectivity index (χ3v) is 6.60. The van der Waals surface area contributed by atoms with Crippen LogP contribution in [0.4, 0.5) is 15.0 Å². The number of aromatic nitrogens is 1. The number of rotatable bonds is 4. The summed E-state index contributed by atoms with van der Waals surface area (Å²) in [6, 6.07) is 9.57. The van der Waals surface area contributed by atoms with E-state index in [9.17, 15) is 9.18 Å². The Balaban J connectivity index is 0.00000210. The molecule has 27 heavy (non-hydrogen) atoms. The summed E-state index contributed by atoms with van der Waals surface area (Å²) in [5.74, 6) is 0.826. The largest absolute Gasteiger partial charge is 1.00 e. The molecule has 3 fully saturated rings. The standard InChI is InChI=1S/C19H22FN3O2S.HI/c1-23-9-7-13(8-10-23)15(12-23)25-19(24)22-18-17(26-16(11-20)21-18)14-5-3-2-4-6-14;/h2-6,13,15H,7-12H2,1H3;1H/t13?,15-,23?;/m0./s1. The second-order valence-corrected chi connectivity index (χ2v) is 8.52. The van der Waals surface area contributed by atoms with Gasteiger partial charge in [0.25, 0.3) is 0 Å². The molecule has 0 spiro atoms. The van der Waals surface area contributed by atoms with Crippen molar-refractivity contribution in [2.75, 3.05) is 32.0 Å². The van der Waals surface area contributed by atoms with Gasteiger partial charge in [0.1, 0.15) is 18.2 Å². The Bertz CT molecular complexity index is 794. The zero-order chi connectivity index (χ0) is 18.1. The Hall–Kier alpha value is -1.26. The smallest absolute Gasteiger partial charge is 0.413 e. The highest BCUT2D eigenvalue weighted by Gasteiger charge is 2.45. The number of alkyl halides is 1. The van der Waals surface area contributed by atoms with E-state index in [1.165, 1.54) is 11.3 Å². The summed E-state index contributed by atoms with van der Waals surface area (Å²) in [5.41, 5.74) is 0.904. The minimum atomic E-state index is -0.651. The molecular weight excluding hydrogens is 480 g/mol. The summed E-state index contributed by atoms with van der Waals surface area (Å²) in [6.07, 6.45) is 1.66. The van der Waals surface area contributed by atoms with Crippen molar-refractivity contribution in [3.8, 4) is 10.4 Å². The van der Waals surface area contributed by atoms with Gasteiger partial charge in [0, 0.05) is 18.8 Å². The van der Waals surface area contributed by atoms with Crippen molar-refractivity contribution in [2.24, 2.45) is 5.92 Å². The number of hydrogen-bond donors (Lipinski definition) is 1. The van der Waals surface area contributed by atoms with Gasteiger partial charge in [-0.1, -0.05) is 30.3 Å². The summed E-state index contributed by atoms with van der Waals surface area (Å²) in [7, 11) is 2.23. The van der Waals surface area contributed by atoms with Gasteiger partial charge in [-0.2, -0.15) is 0 Å². The minimum absolute atomic E-state index is 0. The molecule has 1 N–H and O–H groups in total. The number of anilines is 1. The highest BCUT2D eigenvalue weighted by molar-refractivity contribution is 7.15. The highest BCUT2D eigenvalue weighted by Crippen LogP contribution is 2.36. The van der Waals surface area contributed by atoms with Crippen LogP contribution < -0.4 is 29.3 Å². The molecule has 1 atom stereocenters. The molecule has 0 unspecified atom stereocenters. The van der Waals surface area contributed by atoms with Crippen molar-refractivity contribution in [2.45, 2.75) is 25.6 Å². The molecule has 0 aliphatic carbocycles. The number of piperidine rings is 3. The average molecular weight is 503 g/mol. The van der Waals surface area contributed by atoms with Gasteiger partial charge in [-0.3, -0.25) is 5.32 Å². The van der Waals surface area contributed by atoms with Gasteiger partial charge in [-0.25, -0.2) is 14.2 Å². The third kappa shape index (κ3) is 4.43. The molecule has 3 saturated heterocycles. The fourth-order valence-electron chi connectivity index (χ4n) is 4.04. The Morgan fingerprint density at radius 1 is 1.33 bits per heavy atom. The molecule has 5 rings (SSSR count). The Kier molecular flexibility index (Phi) is 6.37. The van der Waals surface area contributed by atoms with Gasteiger partial charge in [0.05, 0.1) is 25.0 Å². The fraction of sp³-hybridized carbons (Fsp3) is 0.474. The zero-order valence-corrected chi connectivity index (χ0v) is 18.1. The number of hydrogen-bond acceptors (Lipinski definition) is 4. The van der Waals surface area contributed by atoms with Crippen LogP contribution in [0.25, 0.3) is 10.4 Å². The average Bonchev–Trinajstić information content (AvgIpc) is 3.05. The quantitative estimate of drug-likeness (QED) is 0.502. The topological polar surface area (TPSA) is 51.2 Å². The van der Waals surface area contributed by atoms with E-state index in [4.69, 9.17) is 4.74 Å². The molecule has 0 saturated carbocycles. The lowest BCUT2D eigenvalue weighted by atomic mass is 9.84. The van der Waals surface area contributed by atoms with Crippen molar-refractivity contribution in [3.05, 3.63) is 35.3 Å². The van der Waals surface area contributed by atoms with Crippen molar-refractivity contribution < 1.29 is 42.4 Å². The van der Waals surface area contributed by atoms with Gasteiger partial charge in [-0.05, 0) is 5.56 Å². The van der Waals surface area contributed by atoms with E-state index in [0.717, 1.165) is 47.4 Å². The fourth-order valence-corrected chi connectivity index (χ4v) is 4.91. The number of quaternary nitrogens is 1. The molecule has 3 aliphatic heterocycles. The van der Waals surface area contributed by atoms with E-state index in [1.54, 1.807) is 0 Å². The van der Waals surface area contributed by atoms with Crippen LogP contribution in [0.5, 0.6) is 0 Å². The Labute approximate surface area is 179 Å². The van der Waals surface area contributed by atoms with Crippen molar-refractivity contribution in [3.63, 3.8) is 0 Å². The van der Waals surface area contributed by atoms with E-state index in [2.05, 4.69) is 17.3 Å². The summed E-state index contributed by atoms with van der Waals surface area (Å²) in [4.78, 5) is 17.5. The lowest BCUT2D eigenvalue weighted by Crippen LogP contribution is -3.00. The third-order valence-electron chi connectivity index (χ3n) is 5.53. The number of halogens is 2. The molecule has 4 heterocycles. The zero-order valence-electron chi connectivity index (χ0n) is 15.2. The number of benzene rings is 1. The van der Waals surface area contributed by atoms with Crippen molar-refractivity contribution >= 4 is 23.2 Å². The number of carbonyl (C=O) groups excluding carboxylic acids is 1. The van der Waals surface area contributed by atoms with Crippen LogP contribution in [0.2, 0.25) is 0 Å². The lowest BCUT2D eigenvalue weighted by Gasteiger charge is -2.49. The number of carbonyl (C=O) groups is 1. The predicted octanol–water partition coefficient (Wildman–Crippen LogP) is 1.07. The summed E-state index contributed by atoms with van der Waals surface area (Å²) < 4.78 is 19.8.